The molecule has 9 heteroatoms. The molecule has 2 aromatic heterocycles. The number of carboxylic acids is 1. The summed E-state index contributed by atoms with van der Waals surface area (Å²) in [5.74, 6) is -2.20. The van der Waals surface area contributed by atoms with Crippen molar-refractivity contribution >= 4 is 33.6 Å². The van der Waals surface area contributed by atoms with Crippen LogP contribution in [0.15, 0.2) is 18.2 Å². The number of thiazole rings is 1. The lowest BCUT2D eigenvalue weighted by Gasteiger charge is -2.46. The first-order chi connectivity index (χ1) is 11.9. The second-order valence-corrected chi connectivity index (χ2v) is 7.56. The Hall–Kier alpha value is -2.23. The fraction of sp³-hybridized carbons (Fsp3) is 0.438. The summed E-state index contributed by atoms with van der Waals surface area (Å²) in [6.07, 6.45) is 2.67. The van der Waals surface area contributed by atoms with Crippen molar-refractivity contribution in [3.8, 4) is 0 Å². The smallest absolute Gasteiger partial charge is 0.352 e. The van der Waals surface area contributed by atoms with Crippen LogP contribution in [-0.4, -0.2) is 48.5 Å². The predicted octanol–water partition coefficient (Wildman–Crippen LogP) is 0.508. The molecule has 4 N–H and O–H groups in total. The van der Waals surface area contributed by atoms with E-state index in [4.69, 9.17) is 5.73 Å². The maximum absolute atomic E-state index is 12.4. The normalized spacial score (nSPS) is 27.0. The quantitative estimate of drug-likeness (QED) is 0.681. The SMILES string of the molecule is C[C@@H](O)[C@H]1C(=O)N2C(C(=O)O)=C(c3cn4cnc(CN)c4s3)[C@H](C)[C@H]12. The number of aromatic nitrogens is 2. The highest BCUT2D eigenvalue weighted by atomic mass is 32.1. The van der Waals surface area contributed by atoms with Gasteiger partial charge in [-0.05, 0) is 6.92 Å². The van der Waals surface area contributed by atoms with Crippen LogP contribution in [0, 0.1) is 11.8 Å². The molecule has 1 fully saturated rings. The third kappa shape index (κ3) is 2.03. The largest absolute Gasteiger partial charge is 0.477 e. The molecule has 0 bridgehead atoms. The van der Waals surface area contributed by atoms with Crippen LogP contribution in [-0.2, 0) is 16.1 Å². The minimum atomic E-state index is -1.13. The fourth-order valence-corrected chi connectivity index (χ4v) is 5.23. The van der Waals surface area contributed by atoms with E-state index >= 15 is 0 Å². The summed E-state index contributed by atoms with van der Waals surface area (Å²) in [5, 5.41) is 19.6. The number of aliphatic hydroxyl groups excluding tert-OH is 1. The van der Waals surface area contributed by atoms with E-state index in [1.54, 1.807) is 13.3 Å². The van der Waals surface area contributed by atoms with Gasteiger partial charge in [0.1, 0.15) is 16.9 Å². The lowest BCUT2D eigenvalue weighted by molar-refractivity contribution is -0.163. The van der Waals surface area contributed by atoms with Gasteiger partial charge in [0.2, 0.25) is 5.91 Å². The molecule has 0 saturated carbocycles. The third-order valence-corrected chi connectivity index (χ3v) is 6.30. The van der Waals surface area contributed by atoms with Crippen molar-refractivity contribution < 1.29 is 19.8 Å². The van der Waals surface area contributed by atoms with Crippen molar-refractivity contribution in [2.75, 3.05) is 0 Å². The number of aliphatic hydroxyl groups is 1. The Morgan fingerprint density at radius 2 is 2.24 bits per heavy atom. The van der Waals surface area contributed by atoms with Gasteiger partial charge in [0.15, 0.2) is 0 Å². The zero-order valence-electron chi connectivity index (χ0n) is 13.7. The topological polar surface area (TPSA) is 121 Å². The van der Waals surface area contributed by atoms with E-state index in [-0.39, 0.29) is 23.6 Å². The Bertz CT molecular complexity index is 928. The zero-order chi connectivity index (χ0) is 18.0. The minimum Gasteiger partial charge on any atom is -0.477 e. The molecule has 8 nitrogen and oxygen atoms in total. The predicted molar refractivity (Wildman–Crippen MR) is 90.5 cm³/mol. The van der Waals surface area contributed by atoms with Crippen molar-refractivity contribution in [2.24, 2.45) is 17.6 Å². The van der Waals surface area contributed by atoms with Gasteiger partial charge in [0.05, 0.1) is 28.6 Å². The molecular formula is C16H18N4O4S. The van der Waals surface area contributed by atoms with Crippen molar-refractivity contribution in [1.29, 1.82) is 0 Å². The first kappa shape index (κ1) is 16.2. The van der Waals surface area contributed by atoms with Gasteiger partial charge >= 0.3 is 5.97 Å². The number of fused-ring (bicyclic) bond motifs is 2. The number of amides is 1. The van der Waals surface area contributed by atoms with E-state index < -0.39 is 18.0 Å². The van der Waals surface area contributed by atoms with Gasteiger partial charge in [0, 0.05) is 24.2 Å². The summed E-state index contributed by atoms with van der Waals surface area (Å²) >= 11 is 1.42. The van der Waals surface area contributed by atoms with E-state index in [1.165, 1.54) is 16.2 Å². The van der Waals surface area contributed by atoms with Crippen molar-refractivity contribution in [3.05, 3.63) is 28.8 Å². The van der Waals surface area contributed by atoms with Gasteiger partial charge in [-0.15, -0.1) is 11.3 Å². The maximum atomic E-state index is 12.4. The van der Waals surface area contributed by atoms with Gasteiger partial charge in [0.25, 0.3) is 0 Å². The summed E-state index contributed by atoms with van der Waals surface area (Å²) in [4.78, 5) is 31.5. The standard InChI is InChI=1S/C16H18N4O4S/c1-6-10(9-4-19-5-18-8(3-17)15(19)25-9)13(16(23)24)20-12(6)11(7(2)21)14(20)22/h4-7,11-12,21H,3,17H2,1-2H3,(H,23,24)/t6-,7+,11+,12+/m0/s1. The lowest BCUT2D eigenvalue weighted by Crippen LogP contribution is -2.63. The number of nitrogens with two attached hydrogens (primary N) is 1. The second-order valence-electron chi connectivity index (χ2n) is 6.52. The molecule has 4 heterocycles. The van der Waals surface area contributed by atoms with E-state index in [1.807, 2.05) is 17.5 Å². The molecular weight excluding hydrogens is 344 g/mol. The van der Waals surface area contributed by atoms with Gasteiger partial charge < -0.3 is 20.8 Å². The number of hydrogen-bond acceptors (Lipinski definition) is 6. The van der Waals surface area contributed by atoms with E-state index in [2.05, 4.69) is 4.98 Å². The summed E-state index contributed by atoms with van der Waals surface area (Å²) in [6.45, 7) is 3.77. The number of carbonyl (C=O) groups is 2. The molecule has 1 amide bonds. The van der Waals surface area contributed by atoms with Gasteiger partial charge in [-0.1, -0.05) is 6.92 Å². The summed E-state index contributed by atoms with van der Waals surface area (Å²) in [6, 6.07) is -0.317. The van der Waals surface area contributed by atoms with Crippen LogP contribution in [0.4, 0.5) is 0 Å². The van der Waals surface area contributed by atoms with Crippen LogP contribution >= 0.6 is 11.3 Å². The molecule has 0 unspecified atom stereocenters. The number of hydrogen-bond donors (Lipinski definition) is 3. The molecule has 25 heavy (non-hydrogen) atoms. The van der Waals surface area contributed by atoms with Crippen LogP contribution in [0.5, 0.6) is 0 Å². The van der Waals surface area contributed by atoms with Crippen molar-refractivity contribution in [2.45, 2.75) is 32.5 Å². The summed E-state index contributed by atoms with van der Waals surface area (Å²) < 4.78 is 1.82. The number of carbonyl (C=O) groups excluding carboxylic acids is 1. The molecule has 0 aromatic carbocycles. The number of β-lactam (4-membered cyclic amide) rings is 1. The lowest BCUT2D eigenvalue weighted by atomic mass is 9.77. The monoisotopic (exact) mass is 362 g/mol. The Morgan fingerprint density at radius 3 is 2.84 bits per heavy atom. The van der Waals surface area contributed by atoms with Gasteiger partial charge in [-0.2, -0.15) is 0 Å². The van der Waals surface area contributed by atoms with E-state index in [0.717, 1.165) is 15.4 Å². The number of carboxylic acid groups (broad SMARTS) is 1. The van der Waals surface area contributed by atoms with Crippen LogP contribution in [0.1, 0.15) is 24.4 Å². The van der Waals surface area contributed by atoms with Crippen LogP contribution in [0.3, 0.4) is 0 Å². The molecule has 0 aliphatic carbocycles. The Morgan fingerprint density at radius 1 is 1.52 bits per heavy atom. The van der Waals surface area contributed by atoms with Crippen LogP contribution < -0.4 is 5.73 Å². The van der Waals surface area contributed by atoms with Crippen LogP contribution in [0.25, 0.3) is 10.4 Å². The van der Waals surface area contributed by atoms with Crippen molar-refractivity contribution in [1.82, 2.24) is 14.3 Å². The molecule has 0 spiro atoms. The van der Waals surface area contributed by atoms with Crippen LogP contribution in [0.2, 0.25) is 0 Å². The molecule has 2 aromatic rings. The molecule has 2 aliphatic rings. The molecule has 4 atom stereocenters. The third-order valence-electron chi connectivity index (χ3n) is 5.12. The first-order valence-electron chi connectivity index (χ1n) is 8.01. The van der Waals surface area contributed by atoms with E-state index in [0.29, 0.717) is 12.1 Å². The fourth-order valence-electron chi connectivity index (χ4n) is 4.01. The molecule has 2 aliphatic heterocycles. The number of nitrogens with zero attached hydrogens (tertiary/aromatic N) is 3. The Balaban J connectivity index is 1.85. The molecule has 132 valence electrons. The molecule has 1 saturated heterocycles. The maximum Gasteiger partial charge on any atom is 0.352 e. The average Bonchev–Trinajstić information content (AvgIpc) is 3.16. The minimum absolute atomic E-state index is 0.0196. The van der Waals surface area contributed by atoms with E-state index in [9.17, 15) is 19.8 Å². The number of aliphatic carboxylic acids is 1. The highest BCUT2D eigenvalue weighted by Gasteiger charge is 2.60. The average molecular weight is 362 g/mol. The van der Waals surface area contributed by atoms with Gasteiger partial charge in [-0.3, -0.25) is 9.20 Å². The molecule has 4 rings (SSSR count). The van der Waals surface area contributed by atoms with Gasteiger partial charge in [-0.25, -0.2) is 9.78 Å². The zero-order valence-corrected chi connectivity index (χ0v) is 14.5. The highest BCUT2D eigenvalue weighted by molar-refractivity contribution is 7.18. The second kappa shape index (κ2) is 5.38. The van der Waals surface area contributed by atoms with Crippen molar-refractivity contribution in [3.63, 3.8) is 0 Å². The first-order valence-corrected chi connectivity index (χ1v) is 8.82. The number of rotatable bonds is 4. The summed E-state index contributed by atoms with van der Waals surface area (Å²) in [5.41, 5.74) is 7.09. The Kier molecular flexibility index (Phi) is 3.50. The molecule has 0 radical (unpaired) electrons. The highest BCUT2D eigenvalue weighted by Crippen LogP contribution is 2.51. The Labute approximate surface area is 147 Å². The summed E-state index contributed by atoms with van der Waals surface area (Å²) in [7, 11) is 0. The number of imidazole rings is 1.